The second-order valence-corrected chi connectivity index (χ2v) is 6.37. The van der Waals surface area contributed by atoms with Crippen LogP contribution in [0.25, 0.3) is 0 Å². The van der Waals surface area contributed by atoms with Gasteiger partial charge in [0, 0.05) is 24.0 Å². The number of anilines is 1. The highest BCUT2D eigenvalue weighted by molar-refractivity contribution is 6.04. The van der Waals surface area contributed by atoms with Crippen LogP contribution in [0, 0.1) is 5.92 Å². The van der Waals surface area contributed by atoms with Crippen LogP contribution in [0.15, 0.2) is 30.3 Å². The maximum absolute atomic E-state index is 12.4. The number of nitrogens with zero attached hydrogens (tertiary/aromatic N) is 3. The van der Waals surface area contributed by atoms with Gasteiger partial charge in [-0.3, -0.25) is 14.4 Å². The molecule has 1 aliphatic rings. The number of aromatic nitrogens is 2. The third-order valence-electron chi connectivity index (χ3n) is 4.15. The van der Waals surface area contributed by atoms with Crippen LogP contribution in [0.4, 0.5) is 5.82 Å². The summed E-state index contributed by atoms with van der Waals surface area (Å²) < 4.78 is 1.27. The molecular formula is C18H20N4O3. The molecule has 0 fully saturated rings. The van der Waals surface area contributed by atoms with Gasteiger partial charge in [0.15, 0.2) is 5.82 Å². The zero-order chi connectivity index (χ0) is 18.1. The standard InChI is InChI=1S/C18H20N4O3/c1-11(2)18(25)21-9-14-15(10-21)22(12(3)23)20-16(14)19-17(24)13-7-5-4-6-8-13/h4-8,11H,9-10H2,1-3H3,(H,19,20,24). The first-order valence-corrected chi connectivity index (χ1v) is 8.15. The maximum Gasteiger partial charge on any atom is 0.256 e. The number of nitrogens with one attached hydrogen (secondary N) is 1. The third kappa shape index (κ3) is 3.17. The molecule has 3 rings (SSSR count). The van der Waals surface area contributed by atoms with Gasteiger partial charge in [0.1, 0.15) is 0 Å². The summed E-state index contributed by atoms with van der Waals surface area (Å²) in [5, 5.41) is 6.99. The molecule has 0 bridgehead atoms. The molecule has 130 valence electrons. The van der Waals surface area contributed by atoms with Crippen LogP contribution in [0.2, 0.25) is 0 Å². The highest BCUT2D eigenvalue weighted by Gasteiger charge is 2.33. The molecule has 0 unspecified atom stereocenters. The molecule has 1 aliphatic heterocycles. The summed E-state index contributed by atoms with van der Waals surface area (Å²) in [4.78, 5) is 38.2. The van der Waals surface area contributed by atoms with Crippen LogP contribution < -0.4 is 5.32 Å². The van der Waals surface area contributed by atoms with E-state index in [1.165, 1.54) is 11.6 Å². The molecule has 7 nitrogen and oxygen atoms in total. The van der Waals surface area contributed by atoms with E-state index >= 15 is 0 Å². The van der Waals surface area contributed by atoms with Crippen LogP contribution in [0.1, 0.15) is 47.2 Å². The first kappa shape index (κ1) is 16.9. The summed E-state index contributed by atoms with van der Waals surface area (Å²) in [5.74, 6) is -0.351. The fraction of sp³-hybridized carbons (Fsp3) is 0.333. The average molecular weight is 340 g/mol. The van der Waals surface area contributed by atoms with Gasteiger partial charge in [-0.15, -0.1) is 5.10 Å². The van der Waals surface area contributed by atoms with Gasteiger partial charge in [-0.2, -0.15) is 0 Å². The second kappa shape index (κ2) is 6.51. The number of hydrogen-bond donors (Lipinski definition) is 1. The molecule has 2 amide bonds. The average Bonchev–Trinajstić information content (AvgIpc) is 3.15. The van der Waals surface area contributed by atoms with Crippen molar-refractivity contribution < 1.29 is 14.4 Å². The van der Waals surface area contributed by atoms with E-state index < -0.39 is 0 Å². The van der Waals surface area contributed by atoms with E-state index in [-0.39, 0.29) is 23.6 Å². The lowest BCUT2D eigenvalue weighted by Crippen LogP contribution is -2.30. The summed E-state index contributed by atoms with van der Waals surface area (Å²) in [6.45, 7) is 5.73. The van der Waals surface area contributed by atoms with Gasteiger partial charge in [-0.1, -0.05) is 32.0 Å². The Kier molecular flexibility index (Phi) is 4.39. The Morgan fingerprint density at radius 2 is 1.80 bits per heavy atom. The molecule has 1 N–H and O–H groups in total. The zero-order valence-electron chi connectivity index (χ0n) is 14.4. The molecule has 7 heteroatoms. The molecule has 0 radical (unpaired) electrons. The van der Waals surface area contributed by atoms with E-state index in [0.717, 1.165) is 0 Å². The number of carbonyl (C=O) groups is 3. The predicted molar refractivity (Wildman–Crippen MR) is 92.0 cm³/mol. The monoisotopic (exact) mass is 340 g/mol. The first-order chi connectivity index (χ1) is 11.9. The summed E-state index contributed by atoms with van der Waals surface area (Å²) in [6.07, 6.45) is 0. The van der Waals surface area contributed by atoms with Crippen molar-refractivity contribution in [1.82, 2.24) is 14.7 Å². The zero-order valence-corrected chi connectivity index (χ0v) is 14.4. The van der Waals surface area contributed by atoms with E-state index in [4.69, 9.17) is 0 Å². The van der Waals surface area contributed by atoms with Crippen LogP contribution in [0.5, 0.6) is 0 Å². The summed E-state index contributed by atoms with van der Waals surface area (Å²) in [6, 6.07) is 8.78. The fourth-order valence-electron chi connectivity index (χ4n) is 2.89. The lowest BCUT2D eigenvalue weighted by Gasteiger charge is -2.18. The van der Waals surface area contributed by atoms with E-state index in [1.807, 2.05) is 19.9 Å². The van der Waals surface area contributed by atoms with Gasteiger partial charge in [0.2, 0.25) is 11.8 Å². The van der Waals surface area contributed by atoms with Gasteiger partial charge < -0.3 is 10.2 Å². The van der Waals surface area contributed by atoms with Crippen LogP contribution in [-0.4, -0.2) is 32.4 Å². The Morgan fingerprint density at radius 3 is 2.40 bits per heavy atom. The number of carbonyl (C=O) groups excluding carboxylic acids is 3. The fourth-order valence-corrected chi connectivity index (χ4v) is 2.89. The lowest BCUT2D eigenvalue weighted by atomic mass is 10.2. The van der Waals surface area contributed by atoms with E-state index in [2.05, 4.69) is 10.4 Å². The number of benzene rings is 1. The quantitative estimate of drug-likeness (QED) is 0.929. The molecule has 1 aromatic heterocycles. The minimum Gasteiger partial charge on any atom is -0.332 e. The first-order valence-electron chi connectivity index (χ1n) is 8.15. The van der Waals surface area contributed by atoms with E-state index in [1.54, 1.807) is 29.2 Å². The summed E-state index contributed by atoms with van der Waals surface area (Å²) in [5.41, 5.74) is 1.88. The van der Waals surface area contributed by atoms with Crippen molar-refractivity contribution in [2.24, 2.45) is 5.92 Å². The minimum atomic E-state index is -0.301. The van der Waals surface area contributed by atoms with E-state index in [9.17, 15) is 14.4 Å². The van der Waals surface area contributed by atoms with Gasteiger partial charge in [0.05, 0.1) is 18.8 Å². The minimum absolute atomic E-state index is 0.00615. The molecule has 2 heterocycles. The Morgan fingerprint density at radius 1 is 1.12 bits per heavy atom. The largest absolute Gasteiger partial charge is 0.332 e. The topological polar surface area (TPSA) is 84.3 Å². The van der Waals surface area contributed by atoms with Crippen molar-refractivity contribution in [1.29, 1.82) is 0 Å². The van der Waals surface area contributed by atoms with Crippen LogP contribution >= 0.6 is 0 Å². The molecular weight excluding hydrogens is 320 g/mol. The van der Waals surface area contributed by atoms with Crippen LogP contribution in [0.3, 0.4) is 0 Å². The SMILES string of the molecule is CC(=O)n1nc(NC(=O)c2ccccc2)c2c1CN(C(=O)C(C)C)C2. The Bertz CT molecular complexity index is 840. The van der Waals surface area contributed by atoms with Crippen LogP contribution in [-0.2, 0) is 17.9 Å². The molecule has 1 aromatic carbocycles. The third-order valence-corrected chi connectivity index (χ3v) is 4.15. The van der Waals surface area contributed by atoms with E-state index in [0.29, 0.717) is 35.7 Å². The van der Waals surface area contributed by atoms with Crippen molar-refractivity contribution in [3.05, 3.63) is 47.2 Å². The predicted octanol–water partition coefficient (Wildman–Crippen LogP) is 2.29. The molecule has 25 heavy (non-hydrogen) atoms. The Hall–Kier alpha value is -2.96. The number of fused-ring (bicyclic) bond motifs is 1. The van der Waals surface area contributed by atoms with Crippen molar-refractivity contribution in [2.75, 3.05) is 5.32 Å². The normalized spacial score (nSPS) is 13.0. The Balaban J connectivity index is 1.90. The second-order valence-electron chi connectivity index (χ2n) is 6.37. The van der Waals surface area contributed by atoms with Gasteiger partial charge >= 0.3 is 0 Å². The highest BCUT2D eigenvalue weighted by atomic mass is 16.2. The summed E-state index contributed by atoms with van der Waals surface area (Å²) in [7, 11) is 0. The molecule has 0 atom stereocenters. The van der Waals surface area contributed by atoms with Crippen molar-refractivity contribution in [2.45, 2.75) is 33.9 Å². The maximum atomic E-state index is 12.4. The number of amides is 2. The smallest absolute Gasteiger partial charge is 0.256 e. The van der Waals surface area contributed by atoms with Crippen molar-refractivity contribution in [3.8, 4) is 0 Å². The molecule has 0 spiro atoms. The van der Waals surface area contributed by atoms with Crippen molar-refractivity contribution >= 4 is 23.5 Å². The molecule has 0 saturated carbocycles. The van der Waals surface area contributed by atoms with Gasteiger partial charge in [0.25, 0.3) is 5.91 Å². The molecule has 0 aliphatic carbocycles. The highest BCUT2D eigenvalue weighted by Crippen LogP contribution is 2.30. The molecule has 0 saturated heterocycles. The number of rotatable bonds is 3. The van der Waals surface area contributed by atoms with Gasteiger partial charge in [-0.25, -0.2) is 4.68 Å². The van der Waals surface area contributed by atoms with Gasteiger partial charge in [-0.05, 0) is 12.1 Å². The molecule has 2 aromatic rings. The lowest BCUT2D eigenvalue weighted by molar-refractivity contribution is -0.135. The Labute approximate surface area is 145 Å². The number of hydrogen-bond acceptors (Lipinski definition) is 4. The van der Waals surface area contributed by atoms with Crippen molar-refractivity contribution in [3.63, 3.8) is 0 Å². The summed E-state index contributed by atoms with van der Waals surface area (Å²) >= 11 is 0.